The smallest absolute Gasteiger partial charge is 0.310 e. The first-order chi connectivity index (χ1) is 11.2. The second-order valence-electron chi connectivity index (χ2n) is 5.76. The van der Waals surface area contributed by atoms with Crippen LogP contribution in [0, 0.1) is 5.92 Å². The van der Waals surface area contributed by atoms with E-state index in [1.807, 2.05) is 18.2 Å². The minimum absolute atomic E-state index is 0.0258. The van der Waals surface area contributed by atoms with E-state index in [9.17, 15) is 9.59 Å². The highest BCUT2D eigenvalue weighted by molar-refractivity contribution is 5.82. The lowest BCUT2D eigenvalue weighted by Crippen LogP contribution is -2.43. The summed E-state index contributed by atoms with van der Waals surface area (Å²) in [5, 5.41) is 0. The number of esters is 1. The highest BCUT2D eigenvalue weighted by atomic mass is 16.5. The van der Waals surface area contributed by atoms with Gasteiger partial charge in [-0.05, 0) is 37.5 Å². The van der Waals surface area contributed by atoms with Crippen LogP contribution in [0.1, 0.15) is 25.3 Å². The van der Waals surface area contributed by atoms with Crippen molar-refractivity contribution in [2.24, 2.45) is 5.92 Å². The molecule has 2 heterocycles. The van der Waals surface area contributed by atoms with Crippen molar-refractivity contribution in [1.29, 1.82) is 0 Å². The Morgan fingerprint density at radius 3 is 3.13 bits per heavy atom. The van der Waals surface area contributed by atoms with Gasteiger partial charge in [0.05, 0.1) is 18.9 Å². The van der Waals surface area contributed by atoms with Crippen molar-refractivity contribution in [3.63, 3.8) is 0 Å². The standard InChI is InChI=1S/C17H20N2O4/c1-2-22-17(21)13-4-3-7-19(10-13)16(20)9-12-5-6-14-15(8-12)23-11-18-14/h5-6,8,11,13H,2-4,7,9-10H2,1H3. The minimum atomic E-state index is -0.204. The fourth-order valence-electron chi connectivity index (χ4n) is 2.95. The number of oxazole rings is 1. The maximum absolute atomic E-state index is 12.5. The van der Waals surface area contributed by atoms with E-state index >= 15 is 0 Å². The summed E-state index contributed by atoms with van der Waals surface area (Å²) >= 11 is 0. The van der Waals surface area contributed by atoms with Crippen molar-refractivity contribution < 1.29 is 18.7 Å². The number of carbonyl (C=O) groups excluding carboxylic acids is 2. The molecule has 1 saturated heterocycles. The number of hydrogen-bond donors (Lipinski definition) is 0. The molecule has 1 aliphatic heterocycles. The minimum Gasteiger partial charge on any atom is -0.466 e. The number of piperidine rings is 1. The third-order valence-corrected chi connectivity index (χ3v) is 4.15. The molecule has 0 bridgehead atoms. The Morgan fingerprint density at radius 1 is 1.43 bits per heavy atom. The monoisotopic (exact) mass is 316 g/mol. The Hall–Kier alpha value is -2.37. The van der Waals surface area contributed by atoms with Gasteiger partial charge in [-0.25, -0.2) is 4.98 Å². The van der Waals surface area contributed by atoms with Crippen LogP contribution < -0.4 is 0 Å². The Morgan fingerprint density at radius 2 is 2.30 bits per heavy atom. The number of fused-ring (bicyclic) bond motifs is 1. The van der Waals surface area contributed by atoms with Crippen LogP contribution >= 0.6 is 0 Å². The topological polar surface area (TPSA) is 72.6 Å². The molecule has 1 aromatic heterocycles. The summed E-state index contributed by atoms with van der Waals surface area (Å²) in [4.78, 5) is 30.2. The van der Waals surface area contributed by atoms with E-state index in [-0.39, 0.29) is 17.8 Å². The Kier molecular flexibility index (Phi) is 4.60. The van der Waals surface area contributed by atoms with E-state index in [1.54, 1.807) is 11.8 Å². The molecule has 0 saturated carbocycles. The lowest BCUT2D eigenvalue weighted by Gasteiger charge is -2.31. The maximum atomic E-state index is 12.5. The molecule has 0 spiro atoms. The van der Waals surface area contributed by atoms with Crippen LogP contribution in [0.3, 0.4) is 0 Å². The first kappa shape index (κ1) is 15.5. The Labute approximate surface area is 134 Å². The zero-order valence-corrected chi connectivity index (χ0v) is 13.2. The summed E-state index contributed by atoms with van der Waals surface area (Å²) in [5.74, 6) is -0.379. The van der Waals surface area contributed by atoms with Gasteiger partial charge in [-0.15, -0.1) is 0 Å². The first-order valence-electron chi connectivity index (χ1n) is 7.94. The van der Waals surface area contributed by atoms with Crippen LogP contribution in [-0.4, -0.2) is 41.5 Å². The average molecular weight is 316 g/mol. The molecule has 6 heteroatoms. The van der Waals surface area contributed by atoms with Crippen molar-refractivity contribution in [2.75, 3.05) is 19.7 Å². The molecule has 0 N–H and O–H groups in total. The van der Waals surface area contributed by atoms with Gasteiger partial charge in [-0.1, -0.05) is 6.07 Å². The molecule has 1 fully saturated rings. The Bertz CT molecular complexity index is 709. The van der Waals surface area contributed by atoms with Crippen molar-refractivity contribution in [2.45, 2.75) is 26.2 Å². The molecule has 0 radical (unpaired) electrons. The predicted octanol–water partition coefficient (Wildman–Crippen LogP) is 2.17. The molecule has 2 aromatic rings. The molecule has 1 aromatic carbocycles. The average Bonchev–Trinajstić information content (AvgIpc) is 3.03. The molecule has 1 aliphatic rings. The number of carbonyl (C=O) groups is 2. The van der Waals surface area contributed by atoms with E-state index in [1.165, 1.54) is 6.39 Å². The third-order valence-electron chi connectivity index (χ3n) is 4.15. The van der Waals surface area contributed by atoms with Crippen LogP contribution in [0.25, 0.3) is 11.1 Å². The van der Waals surface area contributed by atoms with E-state index in [4.69, 9.17) is 9.15 Å². The second-order valence-corrected chi connectivity index (χ2v) is 5.76. The fraction of sp³-hybridized carbons (Fsp3) is 0.471. The van der Waals surface area contributed by atoms with E-state index < -0.39 is 0 Å². The summed E-state index contributed by atoms with van der Waals surface area (Å²) in [7, 11) is 0. The van der Waals surface area contributed by atoms with Gasteiger partial charge in [0.25, 0.3) is 0 Å². The number of nitrogens with zero attached hydrogens (tertiary/aromatic N) is 2. The lowest BCUT2D eigenvalue weighted by atomic mass is 9.97. The first-order valence-corrected chi connectivity index (χ1v) is 7.94. The summed E-state index contributed by atoms with van der Waals surface area (Å²) in [5.41, 5.74) is 2.34. The molecular weight excluding hydrogens is 296 g/mol. The number of likely N-dealkylation sites (tertiary alicyclic amines) is 1. The number of aromatic nitrogens is 1. The fourth-order valence-corrected chi connectivity index (χ4v) is 2.95. The van der Waals surface area contributed by atoms with Gasteiger partial charge in [0.2, 0.25) is 5.91 Å². The molecule has 6 nitrogen and oxygen atoms in total. The lowest BCUT2D eigenvalue weighted by molar-refractivity contribution is -0.151. The molecular formula is C17H20N2O4. The van der Waals surface area contributed by atoms with E-state index in [2.05, 4.69) is 4.98 Å². The zero-order chi connectivity index (χ0) is 16.2. The van der Waals surface area contributed by atoms with Gasteiger partial charge in [-0.2, -0.15) is 0 Å². The van der Waals surface area contributed by atoms with Crippen LogP contribution in [0.15, 0.2) is 29.0 Å². The molecule has 1 atom stereocenters. The highest BCUT2D eigenvalue weighted by Gasteiger charge is 2.29. The van der Waals surface area contributed by atoms with Gasteiger partial charge in [0.1, 0.15) is 5.52 Å². The largest absolute Gasteiger partial charge is 0.466 e. The molecule has 23 heavy (non-hydrogen) atoms. The van der Waals surface area contributed by atoms with Gasteiger partial charge in [-0.3, -0.25) is 9.59 Å². The summed E-state index contributed by atoms with van der Waals surface area (Å²) in [6.07, 6.45) is 3.31. The number of rotatable bonds is 4. The summed E-state index contributed by atoms with van der Waals surface area (Å²) < 4.78 is 10.3. The van der Waals surface area contributed by atoms with Crippen LogP contribution in [0.2, 0.25) is 0 Å². The zero-order valence-electron chi connectivity index (χ0n) is 13.2. The molecule has 122 valence electrons. The molecule has 1 unspecified atom stereocenters. The summed E-state index contributed by atoms with van der Waals surface area (Å²) in [6.45, 7) is 3.31. The molecule has 3 rings (SSSR count). The van der Waals surface area contributed by atoms with Crippen molar-refractivity contribution in [3.05, 3.63) is 30.2 Å². The van der Waals surface area contributed by atoms with Crippen molar-refractivity contribution in [1.82, 2.24) is 9.88 Å². The summed E-state index contributed by atoms with van der Waals surface area (Å²) in [6, 6.07) is 5.57. The van der Waals surface area contributed by atoms with Crippen LogP contribution in [0.5, 0.6) is 0 Å². The Balaban J connectivity index is 1.63. The van der Waals surface area contributed by atoms with Gasteiger partial charge >= 0.3 is 5.97 Å². The maximum Gasteiger partial charge on any atom is 0.310 e. The van der Waals surface area contributed by atoms with Crippen LogP contribution in [-0.2, 0) is 20.7 Å². The second kappa shape index (κ2) is 6.81. The normalized spacial score (nSPS) is 18.1. The third kappa shape index (κ3) is 3.52. The van der Waals surface area contributed by atoms with E-state index in [0.29, 0.717) is 31.7 Å². The number of ether oxygens (including phenoxy) is 1. The van der Waals surface area contributed by atoms with Crippen LogP contribution in [0.4, 0.5) is 0 Å². The predicted molar refractivity (Wildman–Crippen MR) is 83.7 cm³/mol. The van der Waals surface area contributed by atoms with Crippen molar-refractivity contribution in [3.8, 4) is 0 Å². The molecule has 1 amide bonds. The number of hydrogen-bond acceptors (Lipinski definition) is 5. The quantitative estimate of drug-likeness (QED) is 0.808. The SMILES string of the molecule is CCOC(=O)C1CCCN(C(=O)Cc2ccc3ncoc3c2)C1. The highest BCUT2D eigenvalue weighted by Crippen LogP contribution is 2.20. The van der Waals surface area contributed by atoms with E-state index in [0.717, 1.165) is 23.9 Å². The number of amides is 1. The van der Waals surface area contributed by atoms with Gasteiger partial charge in [0.15, 0.2) is 12.0 Å². The van der Waals surface area contributed by atoms with Gasteiger partial charge in [0, 0.05) is 13.1 Å². The molecule has 0 aliphatic carbocycles. The number of benzene rings is 1. The van der Waals surface area contributed by atoms with Crippen molar-refractivity contribution >= 4 is 23.0 Å². The van der Waals surface area contributed by atoms with Gasteiger partial charge < -0.3 is 14.1 Å².